The molecular weight excluding hydrogens is 371 g/mol. The summed E-state index contributed by atoms with van der Waals surface area (Å²) in [6, 6.07) is 13.6. The van der Waals surface area contributed by atoms with E-state index >= 15 is 0 Å². The van der Waals surface area contributed by atoms with Crippen molar-refractivity contribution in [3.05, 3.63) is 82.4 Å². The minimum atomic E-state index is -5.06. The zero-order valence-electron chi connectivity index (χ0n) is 15.3. The quantitative estimate of drug-likeness (QED) is 0.405. The van der Waals surface area contributed by atoms with Crippen LogP contribution in [-0.2, 0) is 12.6 Å². The maximum Gasteiger partial charge on any atom is 0.422 e. The average Bonchev–Trinajstić information content (AvgIpc) is 2.65. The first-order chi connectivity index (χ1) is 13.3. The molecule has 0 spiro atoms. The summed E-state index contributed by atoms with van der Waals surface area (Å²) >= 11 is 0. The molecule has 5 heteroatoms. The number of fused-ring (bicyclic) bond motifs is 3. The summed E-state index contributed by atoms with van der Waals surface area (Å²) < 4.78 is 67.4. The van der Waals surface area contributed by atoms with Gasteiger partial charge in [0.15, 0.2) is 0 Å². The maximum atomic E-state index is 14.3. The molecule has 3 aromatic carbocycles. The van der Waals surface area contributed by atoms with E-state index in [4.69, 9.17) is 0 Å². The van der Waals surface area contributed by atoms with Crippen LogP contribution in [0.25, 0.3) is 10.8 Å². The van der Waals surface area contributed by atoms with Gasteiger partial charge in [0.05, 0.1) is 0 Å². The minimum absolute atomic E-state index is 0.115. The van der Waals surface area contributed by atoms with Crippen molar-refractivity contribution in [1.29, 1.82) is 0 Å². The molecule has 0 unspecified atom stereocenters. The first-order valence-corrected chi connectivity index (χ1v) is 9.38. The molecule has 0 saturated heterocycles. The highest BCUT2D eigenvalue weighted by molar-refractivity contribution is 5.87. The molecule has 0 radical (unpaired) electrons. The van der Waals surface area contributed by atoms with Gasteiger partial charge < -0.3 is 0 Å². The molecular formula is C23H19F5. The van der Waals surface area contributed by atoms with Crippen LogP contribution in [0.5, 0.6) is 0 Å². The number of hydrogen-bond acceptors (Lipinski definition) is 0. The molecule has 3 aromatic rings. The van der Waals surface area contributed by atoms with Crippen molar-refractivity contribution in [2.75, 3.05) is 0 Å². The van der Waals surface area contributed by atoms with Crippen LogP contribution in [0.3, 0.4) is 0 Å². The number of hydrogen-bond donors (Lipinski definition) is 0. The van der Waals surface area contributed by atoms with Gasteiger partial charge in [-0.15, -0.1) is 0 Å². The molecule has 0 heterocycles. The Balaban J connectivity index is 1.91. The fraction of sp³-hybridized carbons (Fsp3) is 0.304. The standard InChI is InChI=1S/C23H19F5/c1-2-13-7-9-17-16-6-4-3-5-14(16)8-10-18(17)21(13)15-11-19(24)22(20(25)12-15)23(26,27)28/h3-6,8,10-13,21H,2,7,9H2,1H3/t13-,21-/m1/s1. The Morgan fingerprint density at radius 1 is 0.964 bits per heavy atom. The molecule has 4 rings (SSSR count). The molecule has 28 heavy (non-hydrogen) atoms. The highest BCUT2D eigenvalue weighted by Crippen LogP contribution is 2.46. The predicted octanol–water partition coefficient (Wildman–Crippen LogP) is 7.24. The van der Waals surface area contributed by atoms with E-state index < -0.39 is 23.4 Å². The second-order valence-electron chi connectivity index (χ2n) is 7.40. The van der Waals surface area contributed by atoms with E-state index in [1.165, 1.54) is 0 Å². The van der Waals surface area contributed by atoms with E-state index in [0.29, 0.717) is 0 Å². The maximum absolute atomic E-state index is 14.3. The molecule has 0 nitrogen and oxygen atoms in total. The monoisotopic (exact) mass is 390 g/mol. The van der Waals surface area contributed by atoms with Crippen LogP contribution in [-0.4, -0.2) is 0 Å². The Hall–Kier alpha value is -2.43. The van der Waals surface area contributed by atoms with Gasteiger partial charge in [0.25, 0.3) is 0 Å². The van der Waals surface area contributed by atoms with Crippen LogP contribution in [0.15, 0.2) is 48.5 Å². The number of alkyl halides is 3. The van der Waals surface area contributed by atoms with E-state index in [-0.39, 0.29) is 17.4 Å². The predicted molar refractivity (Wildman–Crippen MR) is 99.3 cm³/mol. The SMILES string of the molecule is CC[C@@H]1CCc2c(ccc3ccccc23)[C@H]1c1cc(F)c(C(F)(F)F)c(F)c1. The van der Waals surface area contributed by atoms with Gasteiger partial charge in [0.2, 0.25) is 0 Å². The molecule has 146 valence electrons. The molecule has 0 aliphatic heterocycles. The molecule has 0 N–H and O–H groups in total. The van der Waals surface area contributed by atoms with Gasteiger partial charge in [-0.3, -0.25) is 0 Å². The number of aryl methyl sites for hydroxylation is 1. The Bertz CT molecular complexity index is 1010. The first-order valence-electron chi connectivity index (χ1n) is 9.38. The normalized spacial score (nSPS) is 19.6. The lowest BCUT2D eigenvalue weighted by Crippen LogP contribution is -2.22. The second kappa shape index (κ2) is 6.87. The van der Waals surface area contributed by atoms with Crippen molar-refractivity contribution in [1.82, 2.24) is 0 Å². The molecule has 0 aromatic heterocycles. The Labute approximate surface area is 160 Å². The van der Waals surface area contributed by atoms with Gasteiger partial charge in [-0.05, 0) is 58.4 Å². The van der Waals surface area contributed by atoms with Crippen molar-refractivity contribution in [3.63, 3.8) is 0 Å². The third-order valence-electron chi connectivity index (χ3n) is 5.88. The highest BCUT2D eigenvalue weighted by atomic mass is 19.4. The molecule has 0 bridgehead atoms. The van der Waals surface area contributed by atoms with Crippen LogP contribution >= 0.6 is 0 Å². The van der Waals surface area contributed by atoms with Gasteiger partial charge in [-0.1, -0.05) is 49.7 Å². The van der Waals surface area contributed by atoms with Crippen molar-refractivity contribution >= 4 is 10.8 Å². The van der Waals surface area contributed by atoms with E-state index in [2.05, 4.69) is 0 Å². The van der Waals surface area contributed by atoms with E-state index in [1.807, 2.05) is 43.3 Å². The third kappa shape index (κ3) is 3.07. The van der Waals surface area contributed by atoms with Crippen LogP contribution in [0.2, 0.25) is 0 Å². The fourth-order valence-electron chi connectivity index (χ4n) is 4.61. The summed E-state index contributed by atoms with van der Waals surface area (Å²) in [7, 11) is 0. The molecule has 0 amide bonds. The second-order valence-corrected chi connectivity index (χ2v) is 7.40. The number of rotatable bonds is 2. The van der Waals surface area contributed by atoms with Gasteiger partial charge in [0.1, 0.15) is 17.2 Å². The fourth-order valence-corrected chi connectivity index (χ4v) is 4.61. The number of halogens is 5. The third-order valence-corrected chi connectivity index (χ3v) is 5.88. The van der Waals surface area contributed by atoms with Crippen LogP contribution in [0.4, 0.5) is 22.0 Å². The van der Waals surface area contributed by atoms with E-state index in [0.717, 1.165) is 53.3 Å². The van der Waals surface area contributed by atoms with Gasteiger partial charge >= 0.3 is 6.18 Å². The summed E-state index contributed by atoms with van der Waals surface area (Å²) in [6.45, 7) is 2.00. The number of benzene rings is 3. The summed E-state index contributed by atoms with van der Waals surface area (Å²) in [5.74, 6) is -3.32. The van der Waals surface area contributed by atoms with Crippen molar-refractivity contribution in [2.24, 2.45) is 5.92 Å². The first kappa shape index (κ1) is 18.9. The van der Waals surface area contributed by atoms with Gasteiger partial charge in [-0.2, -0.15) is 13.2 Å². The summed E-state index contributed by atoms with van der Waals surface area (Å²) in [6.07, 6.45) is -2.61. The Morgan fingerprint density at radius 2 is 1.64 bits per heavy atom. The Kier molecular flexibility index (Phi) is 4.64. The zero-order valence-corrected chi connectivity index (χ0v) is 15.3. The molecule has 1 aliphatic rings. The van der Waals surface area contributed by atoms with E-state index in [1.54, 1.807) is 0 Å². The van der Waals surface area contributed by atoms with Crippen LogP contribution in [0.1, 0.15) is 47.9 Å². The molecule has 1 aliphatic carbocycles. The average molecular weight is 390 g/mol. The minimum Gasteiger partial charge on any atom is -0.206 e. The lowest BCUT2D eigenvalue weighted by Gasteiger charge is -2.34. The topological polar surface area (TPSA) is 0 Å². The molecule has 0 saturated carbocycles. The van der Waals surface area contributed by atoms with Crippen molar-refractivity contribution < 1.29 is 22.0 Å². The van der Waals surface area contributed by atoms with Crippen LogP contribution in [0, 0.1) is 17.6 Å². The lowest BCUT2D eigenvalue weighted by molar-refractivity contribution is -0.142. The lowest BCUT2D eigenvalue weighted by atomic mass is 9.70. The smallest absolute Gasteiger partial charge is 0.206 e. The van der Waals surface area contributed by atoms with E-state index in [9.17, 15) is 22.0 Å². The largest absolute Gasteiger partial charge is 0.422 e. The van der Waals surface area contributed by atoms with Crippen molar-refractivity contribution in [3.8, 4) is 0 Å². The zero-order chi connectivity index (χ0) is 20.1. The van der Waals surface area contributed by atoms with Gasteiger partial charge in [-0.25, -0.2) is 8.78 Å². The molecule has 2 atom stereocenters. The Morgan fingerprint density at radius 3 is 2.29 bits per heavy atom. The summed E-state index contributed by atoms with van der Waals surface area (Å²) in [5.41, 5.74) is 0.522. The summed E-state index contributed by atoms with van der Waals surface area (Å²) in [4.78, 5) is 0. The molecule has 0 fully saturated rings. The van der Waals surface area contributed by atoms with Crippen LogP contribution < -0.4 is 0 Å². The van der Waals surface area contributed by atoms with Gasteiger partial charge in [0, 0.05) is 5.92 Å². The van der Waals surface area contributed by atoms with Crippen molar-refractivity contribution in [2.45, 2.75) is 38.3 Å². The highest BCUT2D eigenvalue weighted by Gasteiger charge is 2.39. The summed E-state index contributed by atoms with van der Waals surface area (Å²) in [5, 5.41) is 2.17.